The first kappa shape index (κ1) is 14.7. The van der Waals surface area contributed by atoms with Gasteiger partial charge >= 0.3 is 0 Å². The van der Waals surface area contributed by atoms with Crippen molar-refractivity contribution in [2.75, 3.05) is 13.1 Å². The number of nitrogens with zero attached hydrogens (tertiary/aromatic N) is 4. The molecular weight excluding hydrogens is 278 g/mol. The summed E-state index contributed by atoms with van der Waals surface area (Å²) in [5, 5.41) is 0. The lowest BCUT2D eigenvalue weighted by Gasteiger charge is -2.33. The van der Waals surface area contributed by atoms with Gasteiger partial charge in [-0.05, 0) is 37.8 Å². The Morgan fingerprint density at radius 1 is 1.36 bits per heavy atom. The second kappa shape index (κ2) is 6.27. The summed E-state index contributed by atoms with van der Waals surface area (Å²) in [5.41, 5.74) is 6.57. The van der Waals surface area contributed by atoms with Crippen LogP contribution in [-0.4, -0.2) is 44.5 Å². The van der Waals surface area contributed by atoms with Gasteiger partial charge in [-0.15, -0.1) is 0 Å². The number of carbonyl (C=O) groups excluding carboxylic acids is 1. The maximum absolute atomic E-state index is 12.5. The Morgan fingerprint density at radius 3 is 2.68 bits per heavy atom. The number of hydrogen-bond donors (Lipinski definition) is 1. The van der Waals surface area contributed by atoms with Crippen LogP contribution in [0.1, 0.15) is 30.1 Å². The highest BCUT2D eigenvalue weighted by molar-refractivity contribution is 5.94. The lowest BCUT2D eigenvalue weighted by Crippen LogP contribution is -2.42. The van der Waals surface area contributed by atoms with Gasteiger partial charge in [0.05, 0.1) is 5.56 Å². The van der Waals surface area contributed by atoms with Gasteiger partial charge in [-0.3, -0.25) is 9.36 Å². The minimum Gasteiger partial charge on any atom is -0.339 e. The van der Waals surface area contributed by atoms with Crippen LogP contribution in [0.25, 0.3) is 5.82 Å². The summed E-state index contributed by atoms with van der Waals surface area (Å²) in [6, 6.07) is 3.86. The molecule has 2 N–H and O–H groups in total. The minimum absolute atomic E-state index is 0.0489. The predicted molar refractivity (Wildman–Crippen MR) is 83.6 cm³/mol. The van der Waals surface area contributed by atoms with Gasteiger partial charge in [0.1, 0.15) is 12.1 Å². The lowest BCUT2D eigenvalue weighted by atomic mass is 9.91. The molecule has 0 bridgehead atoms. The first-order valence-corrected chi connectivity index (χ1v) is 7.64. The van der Waals surface area contributed by atoms with Crippen molar-refractivity contribution < 1.29 is 4.79 Å². The number of imidazole rings is 1. The Bertz CT molecular complexity index is 612. The van der Waals surface area contributed by atoms with Crippen LogP contribution in [0.15, 0.2) is 37.1 Å². The molecule has 0 spiro atoms. The molecule has 1 aliphatic rings. The molecule has 0 aliphatic carbocycles. The van der Waals surface area contributed by atoms with Crippen molar-refractivity contribution in [3.05, 3.63) is 42.6 Å². The second-order valence-corrected chi connectivity index (χ2v) is 5.86. The molecule has 1 atom stereocenters. The fourth-order valence-corrected chi connectivity index (χ4v) is 2.87. The molecule has 1 aliphatic heterocycles. The number of pyridine rings is 1. The van der Waals surface area contributed by atoms with E-state index in [0.29, 0.717) is 11.5 Å². The van der Waals surface area contributed by atoms with Crippen LogP contribution in [0.5, 0.6) is 0 Å². The molecule has 2 aromatic rings. The van der Waals surface area contributed by atoms with E-state index in [1.165, 1.54) is 0 Å². The van der Waals surface area contributed by atoms with Gasteiger partial charge in [0, 0.05) is 37.7 Å². The highest BCUT2D eigenvalue weighted by Crippen LogP contribution is 2.21. The Kier molecular flexibility index (Phi) is 4.20. The first-order chi connectivity index (χ1) is 10.6. The molecule has 1 unspecified atom stereocenters. The number of hydrogen-bond acceptors (Lipinski definition) is 4. The zero-order valence-corrected chi connectivity index (χ0v) is 12.7. The topological polar surface area (TPSA) is 77.0 Å². The zero-order valence-electron chi connectivity index (χ0n) is 12.7. The first-order valence-electron chi connectivity index (χ1n) is 7.64. The van der Waals surface area contributed by atoms with E-state index in [2.05, 4.69) is 9.97 Å². The van der Waals surface area contributed by atoms with Crippen LogP contribution in [0.2, 0.25) is 0 Å². The molecule has 0 aromatic carbocycles. The number of aromatic nitrogens is 3. The summed E-state index contributed by atoms with van der Waals surface area (Å²) in [4.78, 5) is 22.7. The highest BCUT2D eigenvalue weighted by Gasteiger charge is 2.25. The summed E-state index contributed by atoms with van der Waals surface area (Å²) < 4.78 is 1.81. The predicted octanol–water partition coefficient (Wildman–Crippen LogP) is 1.47. The van der Waals surface area contributed by atoms with E-state index < -0.39 is 0 Å². The van der Waals surface area contributed by atoms with Crippen molar-refractivity contribution in [1.29, 1.82) is 0 Å². The summed E-state index contributed by atoms with van der Waals surface area (Å²) >= 11 is 0. The van der Waals surface area contributed by atoms with Crippen LogP contribution in [0, 0.1) is 5.92 Å². The van der Waals surface area contributed by atoms with Gasteiger partial charge in [0.2, 0.25) is 0 Å². The number of rotatable bonds is 3. The normalized spacial score (nSPS) is 17.5. The smallest absolute Gasteiger partial charge is 0.255 e. The summed E-state index contributed by atoms with van der Waals surface area (Å²) in [6.07, 6.45) is 8.79. The Morgan fingerprint density at radius 2 is 2.14 bits per heavy atom. The SMILES string of the molecule is CC(N)C1CCN(C(=O)c2ccc(-n3ccnc3)nc2)CC1. The maximum atomic E-state index is 12.5. The van der Waals surface area contributed by atoms with Crippen molar-refractivity contribution in [1.82, 2.24) is 19.4 Å². The molecule has 22 heavy (non-hydrogen) atoms. The molecule has 116 valence electrons. The Labute approximate surface area is 130 Å². The van der Waals surface area contributed by atoms with Crippen molar-refractivity contribution >= 4 is 5.91 Å². The third-order valence-electron chi connectivity index (χ3n) is 4.33. The van der Waals surface area contributed by atoms with E-state index in [0.717, 1.165) is 31.7 Å². The largest absolute Gasteiger partial charge is 0.339 e. The third-order valence-corrected chi connectivity index (χ3v) is 4.33. The molecule has 3 rings (SSSR count). The molecule has 6 heteroatoms. The van der Waals surface area contributed by atoms with Crippen molar-refractivity contribution in [3.63, 3.8) is 0 Å². The van der Waals surface area contributed by atoms with Crippen molar-refractivity contribution in [3.8, 4) is 5.82 Å². The third kappa shape index (κ3) is 3.01. The summed E-state index contributed by atoms with van der Waals surface area (Å²) in [6.45, 7) is 3.59. The molecule has 0 saturated carbocycles. The average Bonchev–Trinajstić information content (AvgIpc) is 3.09. The lowest BCUT2D eigenvalue weighted by molar-refractivity contribution is 0.0680. The molecule has 2 aromatic heterocycles. The van der Waals surface area contributed by atoms with E-state index in [9.17, 15) is 4.79 Å². The minimum atomic E-state index is 0.0489. The van der Waals surface area contributed by atoms with Gasteiger partial charge in [-0.25, -0.2) is 9.97 Å². The highest BCUT2D eigenvalue weighted by atomic mass is 16.2. The van der Waals surface area contributed by atoms with Crippen LogP contribution >= 0.6 is 0 Å². The number of carbonyl (C=O) groups is 1. The van der Waals surface area contributed by atoms with Crippen LogP contribution in [0.3, 0.4) is 0 Å². The van der Waals surface area contributed by atoms with Gasteiger partial charge in [-0.2, -0.15) is 0 Å². The zero-order chi connectivity index (χ0) is 15.5. The fraction of sp³-hybridized carbons (Fsp3) is 0.438. The van der Waals surface area contributed by atoms with Gasteiger partial charge in [0.15, 0.2) is 0 Å². The summed E-state index contributed by atoms with van der Waals surface area (Å²) in [7, 11) is 0. The monoisotopic (exact) mass is 299 g/mol. The number of nitrogens with two attached hydrogens (primary N) is 1. The summed E-state index contributed by atoms with van der Waals surface area (Å²) in [5.74, 6) is 1.32. The molecule has 1 saturated heterocycles. The van der Waals surface area contributed by atoms with Crippen molar-refractivity contribution in [2.45, 2.75) is 25.8 Å². The Hall–Kier alpha value is -2.21. The van der Waals surface area contributed by atoms with E-state index in [4.69, 9.17) is 5.73 Å². The van der Waals surface area contributed by atoms with Crippen LogP contribution < -0.4 is 5.73 Å². The van der Waals surface area contributed by atoms with E-state index in [1.54, 1.807) is 18.7 Å². The molecule has 3 heterocycles. The van der Waals surface area contributed by atoms with Gasteiger partial charge < -0.3 is 10.6 Å². The number of likely N-dealkylation sites (tertiary alicyclic amines) is 1. The fourth-order valence-electron chi connectivity index (χ4n) is 2.87. The molecule has 0 radical (unpaired) electrons. The molecule has 1 amide bonds. The molecule has 6 nitrogen and oxygen atoms in total. The van der Waals surface area contributed by atoms with E-state index in [-0.39, 0.29) is 11.9 Å². The van der Waals surface area contributed by atoms with Crippen molar-refractivity contribution in [2.24, 2.45) is 11.7 Å². The van der Waals surface area contributed by atoms with E-state index in [1.807, 2.05) is 34.7 Å². The van der Waals surface area contributed by atoms with Crippen LogP contribution in [-0.2, 0) is 0 Å². The maximum Gasteiger partial charge on any atom is 0.255 e. The molecule has 1 fully saturated rings. The second-order valence-electron chi connectivity index (χ2n) is 5.86. The average molecular weight is 299 g/mol. The van der Waals surface area contributed by atoms with Gasteiger partial charge in [-0.1, -0.05) is 0 Å². The Balaban J connectivity index is 1.66. The quantitative estimate of drug-likeness (QED) is 0.931. The standard InChI is InChI=1S/C16H21N5O/c1-12(17)13-4-7-20(8-5-13)16(22)14-2-3-15(19-10-14)21-9-6-18-11-21/h2-3,6,9-13H,4-5,7-8,17H2,1H3. The number of piperidine rings is 1. The number of amides is 1. The van der Waals surface area contributed by atoms with Gasteiger partial charge in [0.25, 0.3) is 5.91 Å². The molecular formula is C16H21N5O. The van der Waals surface area contributed by atoms with Crippen LogP contribution in [0.4, 0.5) is 0 Å². The van der Waals surface area contributed by atoms with E-state index >= 15 is 0 Å².